The van der Waals surface area contributed by atoms with Gasteiger partial charge in [-0.1, -0.05) is 77.3 Å². The maximum atomic E-state index is 14.3. The molecule has 0 aliphatic rings. The molecule has 0 N–H and O–H groups in total. The van der Waals surface area contributed by atoms with Gasteiger partial charge in [-0.15, -0.1) is 0 Å². The number of hydrogen-bond donors (Lipinski definition) is 0. The second-order valence-corrected chi connectivity index (χ2v) is 8.11. The van der Waals surface area contributed by atoms with Crippen LogP contribution in [0, 0.1) is 5.82 Å². The monoisotopic (exact) mass is 428 g/mol. The number of carbonyl (C=O) groups excluding carboxylic acids is 1. The van der Waals surface area contributed by atoms with Gasteiger partial charge in [0.2, 0.25) is 0 Å². The largest absolute Gasteiger partial charge is 0.491 e. The van der Waals surface area contributed by atoms with E-state index in [9.17, 15) is 9.18 Å². The zero-order valence-electron chi connectivity index (χ0n) is 19.1. The Bertz CT molecular complexity index is 771. The van der Waals surface area contributed by atoms with E-state index in [0.29, 0.717) is 12.2 Å². The lowest BCUT2D eigenvalue weighted by atomic mass is 10.0. The van der Waals surface area contributed by atoms with Crippen molar-refractivity contribution in [1.82, 2.24) is 0 Å². The number of carbonyl (C=O) groups is 1. The summed E-state index contributed by atoms with van der Waals surface area (Å²) in [5.41, 5.74) is 1.68. The summed E-state index contributed by atoms with van der Waals surface area (Å²) in [7, 11) is 0. The van der Waals surface area contributed by atoms with Crippen LogP contribution in [0.5, 0.6) is 11.5 Å². The van der Waals surface area contributed by atoms with E-state index in [2.05, 4.69) is 13.8 Å². The summed E-state index contributed by atoms with van der Waals surface area (Å²) in [6, 6.07) is 11.8. The Morgan fingerprint density at radius 3 is 2.10 bits per heavy atom. The minimum atomic E-state index is -0.516. The Labute approximate surface area is 187 Å². The molecule has 0 aromatic heterocycles. The van der Waals surface area contributed by atoms with Gasteiger partial charge in [-0.2, -0.15) is 0 Å². The number of ether oxygens (including phenoxy) is 2. The molecule has 0 unspecified atom stereocenters. The molecule has 0 aliphatic heterocycles. The second kappa shape index (κ2) is 14.6. The lowest BCUT2D eigenvalue weighted by Gasteiger charge is -2.09. The smallest absolute Gasteiger partial charge is 0.343 e. The molecule has 0 aliphatic carbocycles. The molecular formula is C27H37FO3. The van der Waals surface area contributed by atoms with E-state index in [1.54, 1.807) is 18.2 Å². The zero-order chi connectivity index (χ0) is 22.3. The molecule has 0 saturated carbocycles. The second-order valence-electron chi connectivity index (χ2n) is 8.11. The summed E-state index contributed by atoms with van der Waals surface area (Å²) < 4.78 is 25.1. The molecular weight excluding hydrogens is 391 g/mol. The van der Waals surface area contributed by atoms with Crippen LogP contribution >= 0.6 is 0 Å². The molecule has 0 bridgehead atoms. The molecule has 31 heavy (non-hydrogen) atoms. The SMILES string of the molecule is CCCCCCCOc1ccc(OC(=O)c2ccc(CCCCCCC)cc2)cc1F. The first kappa shape index (κ1) is 24.9. The minimum absolute atomic E-state index is 0.179. The van der Waals surface area contributed by atoms with E-state index < -0.39 is 11.8 Å². The van der Waals surface area contributed by atoms with E-state index in [-0.39, 0.29) is 11.5 Å². The number of halogens is 1. The summed E-state index contributed by atoms with van der Waals surface area (Å²) >= 11 is 0. The molecule has 2 rings (SSSR count). The molecule has 0 radical (unpaired) electrons. The average Bonchev–Trinajstić information content (AvgIpc) is 2.77. The van der Waals surface area contributed by atoms with Gasteiger partial charge in [-0.25, -0.2) is 9.18 Å². The zero-order valence-corrected chi connectivity index (χ0v) is 19.1. The van der Waals surface area contributed by atoms with Crippen molar-refractivity contribution in [2.75, 3.05) is 6.61 Å². The number of aryl methyl sites for hydroxylation is 1. The molecule has 2 aromatic rings. The van der Waals surface area contributed by atoms with Gasteiger partial charge in [0, 0.05) is 6.07 Å². The first-order valence-corrected chi connectivity index (χ1v) is 11.9. The van der Waals surface area contributed by atoms with Crippen molar-refractivity contribution < 1.29 is 18.7 Å². The normalized spacial score (nSPS) is 10.8. The number of benzene rings is 2. The van der Waals surface area contributed by atoms with Gasteiger partial charge in [-0.05, 0) is 49.1 Å². The quantitative estimate of drug-likeness (QED) is 0.164. The van der Waals surface area contributed by atoms with Crippen molar-refractivity contribution in [3.63, 3.8) is 0 Å². The van der Waals surface area contributed by atoms with Crippen LogP contribution in [0.3, 0.4) is 0 Å². The van der Waals surface area contributed by atoms with E-state index in [0.717, 1.165) is 25.7 Å². The molecule has 0 heterocycles. The molecule has 0 atom stereocenters. The van der Waals surface area contributed by atoms with Crippen LogP contribution in [-0.4, -0.2) is 12.6 Å². The Balaban J connectivity index is 1.78. The Morgan fingerprint density at radius 2 is 1.45 bits per heavy atom. The third kappa shape index (κ3) is 9.54. The topological polar surface area (TPSA) is 35.5 Å². The molecule has 2 aromatic carbocycles. The van der Waals surface area contributed by atoms with Gasteiger partial charge in [0.15, 0.2) is 11.6 Å². The molecule has 4 heteroatoms. The van der Waals surface area contributed by atoms with Crippen molar-refractivity contribution in [1.29, 1.82) is 0 Å². The number of esters is 1. The van der Waals surface area contributed by atoms with Crippen molar-refractivity contribution in [3.8, 4) is 11.5 Å². The van der Waals surface area contributed by atoms with Gasteiger partial charge < -0.3 is 9.47 Å². The first-order chi connectivity index (χ1) is 15.1. The molecule has 3 nitrogen and oxygen atoms in total. The van der Waals surface area contributed by atoms with Crippen LogP contribution in [0.2, 0.25) is 0 Å². The van der Waals surface area contributed by atoms with Crippen molar-refractivity contribution >= 4 is 5.97 Å². The van der Waals surface area contributed by atoms with Crippen LogP contribution in [0.15, 0.2) is 42.5 Å². The van der Waals surface area contributed by atoms with Gasteiger partial charge in [0.25, 0.3) is 0 Å². The van der Waals surface area contributed by atoms with Gasteiger partial charge in [0.1, 0.15) is 5.75 Å². The third-order valence-electron chi connectivity index (χ3n) is 5.38. The van der Waals surface area contributed by atoms with Crippen LogP contribution in [0.1, 0.15) is 94.0 Å². The maximum absolute atomic E-state index is 14.3. The highest BCUT2D eigenvalue weighted by atomic mass is 19.1. The fraction of sp³-hybridized carbons (Fsp3) is 0.519. The van der Waals surface area contributed by atoms with E-state index >= 15 is 0 Å². The minimum Gasteiger partial charge on any atom is -0.491 e. The van der Waals surface area contributed by atoms with Gasteiger partial charge >= 0.3 is 5.97 Å². The Hall–Kier alpha value is -2.36. The van der Waals surface area contributed by atoms with E-state index in [1.807, 2.05) is 12.1 Å². The summed E-state index contributed by atoms with van der Waals surface area (Å²) in [5.74, 6) is -0.632. The summed E-state index contributed by atoms with van der Waals surface area (Å²) in [4.78, 5) is 12.4. The number of rotatable bonds is 15. The number of hydrogen-bond acceptors (Lipinski definition) is 3. The predicted molar refractivity (Wildman–Crippen MR) is 125 cm³/mol. The molecule has 0 amide bonds. The Kier molecular flexibility index (Phi) is 11.7. The number of unbranched alkanes of at least 4 members (excludes halogenated alkanes) is 8. The van der Waals surface area contributed by atoms with Gasteiger partial charge in [0.05, 0.1) is 12.2 Å². The predicted octanol–water partition coefficient (Wildman–Crippen LogP) is 7.91. The van der Waals surface area contributed by atoms with Gasteiger partial charge in [-0.3, -0.25) is 0 Å². The summed E-state index contributed by atoms with van der Waals surface area (Å²) in [5, 5.41) is 0. The van der Waals surface area contributed by atoms with Crippen molar-refractivity contribution in [3.05, 3.63) is 59.4 Å². The molecule has 0 spiro atoms. The standard InChI is InChI=1S/C27H37FO3/c1-3-5-7-9-11-13-22-14-16-23(17-15-22)27(29)31-24-18-19-26(25(28)21-24)30-20-12-10-8-6-4-2/h14-19,21H,3-13,20H2,1-2H3. The lowest BCUT2D eigenvalue weighted by molar-refractivity contribution is 0.0734. The van der Waals surface area contributed by atoms with Crippen molar-refractivity contribution in [2.45, 2.75) is 84.5 Å². The van der Waals surface area contributed by atoms with Crippen LogP contribution in [0.4, 0.5) is 4.39 Å². The summed E-state index contributed by atoms with van der Waals surface area (Å²) in [6.45, 7) is 4.88. The molecule has 0 fully saturated rings. The lowest BCUT2D eigenvalue weighted by Crippen LogP contribution is -2.09. The van der Waals surface area contributed by atoms with Crippen molar-refractivity contribution in [2.24, 2.45) is 0 Å². The van der Waals surface area contributed by atoms with Crippen LogP contribution in [-0.2, 0) is 6.42 Å². The molecule has 0 saturated heterocycles. The highest BCUT2D eigenvalue weighted by Gasteiger charge is 2.11. The van der Waals surface area contributed by atoms with Crippen LogP contribution in [0.25, 0.3) is 0 Å². The highest BCUT2D eigenvalue weighted by molar-refractivity contribution is 5.91. The average molecular weight is 429 g/mol. The van der Waals surface area contributed by atoms with E-state index in [1.165, 1.54) is 62.6 Å². The fourth-order valence-electron chi connectivity index (χ4n) is 3.46. The highest BCUT2D eigenvalue weighted by Crippen LogP contribution is 2.24. The van der Waals surface area contributed by atoms with Crippen LogP contribution < -0.4 is 9.47 Å². The summed E-state index contributed by atoms with van der Waals surface area (Å²) in [6.07, 6.45) is 12.8. The molecule has 170 valence electrons. The first-order valence-electron chi connectivity index (χ1n) is 11.9. The third-order valence-corrected chi connectivity index (χ3v) is 5.38. The maximum Gasteiger partial charge on any atom is 0.343 e. The fourth-order valence-corrected chi connectivity index (χ4v) is 3.46. The Morgan fingerprint density at radius 1 is 0.806 bits per heavy atom. The van der Waals surface area contributed by atoms with E-state index in [4.69, 9.17) is 9.47 Å².